The second-order valence-corrected chi connectivity index (χ2v) is 1.91. The van der Waals surface area contributed by atoms with Crippen LogP contribution in [0.1, 0.15) is 19.8 Å². The lowest BCUT2D eigenvalue weighted by atomic mass is 10.1. The molecule has 1 N–H and O–H groups in total. The van der Waals surface area contributed by atoms with E-state index in [4.69, 9.17) is 5.11 Å². The summed E-state index contributed by atoms with van der Waals surface area (Å²) in [6, 6.07) is 0. The number of carboxylic acid groups (broad SMARTS) is 1. The first-order valence-corrected chi connectivity index (χ1v) is 2.96. The summed E-state index contributed by atoms with van der Waals surface area (Å²) in [6.07, 6.45) is -2.28. The van der Waals surface area contributed by atoms with Gasteiger partial charge in [0.05, 0.1) is 0 Å². The number of halogens is 1. The molecule has 0 aromatic carbocycles. The monoisotopic (exact) mass is 148 g/mol. The van der Waals surface area contributed by atoms with E-state index in [0.29, 0.717) is 0 Å². The van der Waals surface area contributed by atoms with E-state index in [1.54, 1.807) is 0 Å². The van der Waals surface area contributed by atoms with Gasteiger partial charge in [-0.15, -0.1) is 0 Å². The van der Waals surface area contributed by atoms with Gasteiger partial charge in [0.15, 0.2) is 12.0 Å². The lowest BCUT2D eigenvalue weighted by Gasteiger charge is -1.99. The number of hydrogen-bond donors (Lipinski definition) is 1. The lowest BCUT2D eigenvalue weighted by molar-refractivity contribution is -0.141. The van der Waals surface area contributed by atoms with Crippen LogP contribution in [0.5, 0.6) is 0 Å². The van der Waals surface area contributed by atoms with Gasteiger partial charge < -0.3 is 5.11 Å². The predicted octanol–water partition coefficient (Wildman–Crippen LogP) is 0.778. The number of rotatable bonds is 4. The first kappa shape index (κ1) is 9.07. The SMILES string of the molecule is CCC(F)C(=O)CC(=O)O. The summed E-state index contributed by atoms with van der Waals surface area (Å²) in [5.74, 6) is -2.13. The van der Waals surface area contributed by atoms with Crippen molar-refractivity contribution in [2.24, 2.45) is 0 Å². The number of Topliss-reactive ketones (excluding diaryl/α,β-unsaturated/α-hetero) is 1. The van der Waals surface area contributed by atoms with E-state index >= 15 is 0 Å². The topological polar surface area (TPSA) is 54.4 Å². The Bertz CT molecular complexity index is 144. The molecule has 3 nitrogen and oxygen atoms in total. The summed E-state index contributed by atoms with van der Waals surface area (Å²) < 4.78 is 12.3. The molecule has 4 heteroatoms. The van der Waals surface area contributed by atoms with Crippen molar-refractivity contribution in [1.82, 2.24) is 0 Å². The second kappa shape index (κ2) is 3.98. The molecule has 0 rings (SSSR count). The number of ketones is 1. The summed E-state index contributed by atoms with van der Waals surface area (Å²) in [5.41, 5.74) is 0. The normalized spacial score (nSPS) is 12.6. The van der Waals surface area contributed by atoms with Gasteiger partial charge in [-0.3, -0.25) is 9.59 Å². The molecule has 0 aliphatic rings. The summed E-state index contributed by atoms with van der Waals surface area (Å²) in [4.78, 5) is 20.3. The molecule has 0 aromatic heterocycles. The van der Waals surface area contributed by atoms with Gasteiger partial charge in [0.1, 0.15) is 6.42 Å². The number of hydrogen-bond acceptors (Lipinski definition) is 2. The quantitative estimate of drug-likeness (QED) is 0.599. The van der Waals surface area contributed by atoms with Crippen molar-refractivity contribution in [2.75, 3.05) is 0 Å². The van der Waals surface area contributed by atoms with Crippen molar-refractivity contribution in [2.45, 2.75) is 25.9 Å². The minimum atomic E-state index is -1.61. The average Bonchev–Trinajstić information content (AvgIpc) is 1.85. The molecule has 0 saturated carbocycles. The van der Waals surface area contributed by atoms with Gasteiger partial charge in [-0.1, -0.05) is 6.92 Å². The van der Waals surface area contributed by atoms with Crippen LogP contribution in [0, 0.1) is 0 Å². The summed E-state index contributed by atoms with van der Waals surface area (Å²) in [7, 11) is 0. The Balaban J connectivity index is 3.73. The molecule has 0 saturated heterocycles. The Kier molecular flexibility index (Phi) is 3.61. The Hall–Kier alpha value is -0.930. The number of carbonyl (C=O) groups is 2. The molecule has 0 radical (unpaired) electrons. The fourth-order valence-electron chi connectivity index (χ4n) is 0.487. The molecular formula is C6H9FO3. The average molecular weight is 148 g/mol. The predicted molar refractivity (Wildman–Crippen MR) is 32.4 cm³/mol. The standard InChI is InChI=1S/C6H9FO3/c1-2-4(7)5(8)3-6(9)10/h4H,2-3H2,1H3,(H,9,10). The maximum absolute atomic E-state index is 12.3. The highest BCUT2D eigenvalue weighted by Crippen LogP contribution is 2.00. The van der Waals surface area contributed by atoms with E-state index in [1.165, 1.54) is 6.92 Å². The molecule has 0 aromatic rings. The number of alkyl halides is 1. The smallest absolute Gasteiger partial charge is 0.310 e. The third kappa shape index (κ3) is 3.17. The zero-order chi connectivity index (χ0) is 8.15. The van der Waals surface area contributed by atoms with E-state index in [2.05, 4.69) is 0 Å². The number of aliphatic carboxylic acids is 1. The Morgan fingerprint density at radius 3 is 2.40 bits per heavy atom. The van der Waals surface area contributed by atoms with E-state index in [9.17, 15) is 14.0 Å². The summed E-state index contributed by atoms with van der Waals surface area (Å²) in [6.45, 7) is 1.49. The van der Waals surface area contributed by atoms with Gasteiger partial charge in [0.25, 0.3) is 0 Å². The molecular weight excluding hydrogens is 139 g/mol. The highest BCUT2D eigenvalue weighted by molar-refractivity contribution is 5.97. The fourth-order valence-corrected chi connectivity index (χ4v) is 0.487. The van der Waals surface area contributed by atoms with E-state index < -0.39 is 24.3 Å². The van der Waals surface area contributed by atoms with Gasteiger partial charge in [-0.25, -0.2) is 4.39 Å². The third-order valence-electron chi connectivity index (χ3n) is 1.03. The highest BCUT2D eigenvalue weighted by atomic mass is 19.1. The van der Waals surface area contributed by atoms with Crippen molar-refractivity contribution >= 4 is 11.8 Å². The Morgan fingerprint density at radius 2 is 2.10 bits per heavy atom. The highest BCUT2D eigenvalue weighted by Gasteiger charge is 2.17. The van der Waals surface area contributed by atoms with Crippen LogP contribution < -0.4 is 0 Å². The van der Waals surface area contributed by atoms with Crippen LogP contribution in [0.25, 0.3) is 0 Å². The minimum Gasteiger partial charge on any atom is -0.481 e. The van der Waals surface area contributed by atoms with Gasteiger partial charge in [0, 0.05) is 0 Å². The first-order valence-electron chi connectivity index (χ1n) is 2.96. The second-order valence-electron chi connectivity index (χ2n) is 1.91. The van der Waals surface area contributed by atoms with Crippen LogP contribution in [0.4, 0.5) is 4.39 Å². The van der Waals surface area contributed by atoms with Crippen molar-refractivity contribution in [3.05, 3.63) is 0 Å². The molecule has 0 heterocycles. The summed E-state index contributed by atoms with van der Waals surface area (Å²) >= 11 is 0. The lowest BCUT2D eigenvalue weighted by Crippen LogP contribution is -2.17. The van der Waals surface area contributed by atoms with Gasteiger partial charge in [-0.2, -0.15) is 0 Å². The molecule has 10 heavy (non-hydrogen) atoms. The molecule has 1 unspecified atom stereocenters. The third-order valence-corrected chi connectivity index (χ3v) is 1.03. The van der Waals surface area contributed by atoms with Crippen molar-refractivity contribution < 1.29 is 19.1 Å². The fraction of sp³-hybridized carbons (Fsp3) is 0.667. The van der Waals surface area contributed by atoms with Crippen LogP contribution in [-0.2, 0) is 9.59 Å². The maximum atomic E-state index is 12.3. The molecule has 0 amide bonds. The van der Waals surface area contributed by atoms with E-state index in [1.807, 2.05) is 0 Å². The van der Waals surface area contributed by atoms with Crippen molar-refractivity contribution in [3.63, 3.8) is 0 Å². The Labute approximate surface area is 57.8 Å². The van der Waals surface area contributed by atoms with Crippen molar-refractivity contribution in [3.8, 4) is 0 Å². The van der Waals surface area contributed by atoms with Gasteiger partial charge in [-0.05, 0) is 6.42 Å². The van der Waals surface area contributed by atoms with Gasteiger partial charge >= 0.3 is 5.97 Å². The van der Waals surface area contributed by atoms with Crippen LogP contribution in [0.3, 0.4) is 0 Å². The largest absolute Gasteiger partial charge is 0.481 e. The molecule has 0 fully saturated rings. The summed E-state index contributed by atoms with van der Waals surface area (Å²) in [5, 5.41) is 8.04. The van der Waals surface area contributed by atoms with Gasteiger partial charge in [0.2, 0.25) is 0 Å². The molecule has 0 aliphatic carbocycles. The van der Waals surface area contributed by atoms with E-state index in [0.717, 1.165) is 0 Å². The molecule has 0 bridgehead atoms. The van der Waals surface area contributed by atoms with E-state index in [-0.39, 0.29) is 6.42 Å². The number of carbonyl (C=O) groups excluding carboxylic acids is 1. The molecule has 0 spiro atoms. The minimum absolute atomic E-state index is 0.0477. The van der Waals surface area contributed by atoms with Crippen molar-refractivity contribution in [1.29, 1.82) is 0 Å². The molecule has 1 atom stereocenters. The number of carboxylic acids is 1. The zero-order valence-corrected chi connectivity index (χ0v) is 5.63. The van der Waals surface area contributed by atoms with Crippen LogP contribution in [-0.4, -0.2) is 23.0 Å². The molecule has 58 valence electrons. The van der Waals surface area contributed by atoms with Crippen LogP contribution >= 0.6 is 0 Å². The first-order chi connectivity index (χ1) is 4.57. The maximum Gasteiger partial charge on any atom is 0.310 e. The molecule has 0 aliphatic heterocycles. The Morgan fingerprint density at radius 1 is 1.60 bits per heavy atom. The zero-order valence-electron chi connectivity index (χ0n) is 5.63. The van der Waals surface area contributed by atoms with Crippen LogP contribution in [0.15, 0.2) is 0 Å². The van der Waals surface area contributed by atoms with Crippen LogP contribution in [0.2, 0.25) is 0 Å².